The molecule has 0 N–H and O–H groups in total. The lowest BCUT2D eigenvalue weighted by atomic mass is 9.82. The summed E-state index contributed by atoms with van der Waals surface area (Å²) in [6.07, 6.45) is 9.69. The van der Waals surface area contributed by atoms with Gasteiger partial charge in [-0.05, 0) is 74.8 Å². The van der Waals surface area contributed by atoms with Crippen molar-refractivity contribution in [3.05, 3.63) is 54.1 Å². The Hall–Kier alpha value is -3.15. The SMILES string of the molecule is CCCCC1=NC2(CCCCC2)C(=O)N1Cc1ccc(-c2ccc(OCCCC(C)(C)C(=O)OC)cc2)cc1. The highest BCUT2D eigenvalue weighted by molar-refractivity contribution is 6.08. The zero-order valence-corrected chi connectivity index (χ0v) is 24.1. The lowest BCUT2D eigenvalue weighted by Crippen LogP contribution is -2.43. The zero-order chi connectivity index (χ0) is 27.9. The molecular formula is C33H44N2O4. The van der Waals surface area contributed by atoms with Gasteiger partial charge in [0, 0.05) is 6.42 Å². The molecule has 2 aliphatic rings. The van der Waals surface area contributed by atoms with E-state index in [2.05, 4.69) is 43.3 Å². The molecule has 210 valence electrons. The van der Waals surface area contributed by atoms with Gasteiger partial charge >= 0.3 is 5.97 Å². The van der Waals surface area contributed by atoms with Crippen LogP contribution in [0.1, 0.15) is 90.5 Å². The van der Waals surface area contributed by atoms with Crippen LogP contribution in [0.4, 0.5) is 0 Å². The number of methoxy groups -OCH3 is 1. The number of ether oxygens (including phenoxy) is 2. The summed E-state index contributed by atoms with van der Waals surface area (Å²) in [4.78, 5) is 32.4. The van der Waals surface area contributed by atoms with E-state index in [4.69, 9.17) is 14.5 Å². The molecule has 2 aromatic rings. The predicted molar refractivity (Wildman–Crippen MR) is 156 cm³/mol. The fourth-order valence-corrected chi connectivity index (χ4v) is 5.69. The van der Waals surface area contributed by atoms with Crippen molar-refractivity contribution in [2.45, 2.75) is 97.1 Å². The fourth-order valence-electron chi connectivity index (χ4n) is 5.69. The average Bonchev–Trinajstić information content (AvgIpc) is 3.20. The minimum absolute atomic E-state index is 0.192. The van der Waals surface area contributed by atoms with Gasteiger partial charge in [-0.1, -0.05) is 69.0 Å². The van der Waals surface area contributed by atoms with E-state index in [1.165, 1.54) is 13.5 Å². The summed E-state index contributed by atoms with van der Waals surface area (Å²) in [6.45, 7) is 7.11. The molecule has 1 saturated carbocycles. The van der Waals surface area contributed by atoms with Gasteiger partial charge in [-0.3, -0.25) is 19.5 Å². The maximum absolute atomic E-state index is 13.5. The molecule has 1 aliphatic heterocycles. The van der Waals surface area contributed by atoms with Crippen LogP contribution in [0.5, 0.6) is 5.75 Å². The molecule has 1 spiro atoms. The molecule has 0 bridgehead atoms. The third kappa shape index (κ3) is 6.90. The van der Waals surface area contributed by atoms with E-state index in [1.807, 2.05) is 30.9 Å². The highest BCUT2D eigenvalue weighted by Crippen LogP contribution is 2.39. The van der Waals surface area contributed by atoms with Crippen LogP contribution in [0, 0.1) is 5.41 Å². The van der Waals surface area contributed by atoms with Crippen molar-refractivity contribution >= 4 is 17.7 Å². The van der Waals surface area contributed by atoms with Crippen LogP contribution in [0.2, 0.25) is 0 Å². The molecule has 1 aliphatic carbocycles. The first-order chi connectivity index (χ1) is 18.8. The summed E-state index contributed by atoms with van der Waals surface area (Å²) in [5, 5.41) is 0. The van der Waals surface area contributed by atoms with Crippen molar-refractivity contribution in [3.63, 3.8) is 0 Å². The number of rotatable bonds is 12. The third-order valence-electron chi connectivity index (χ3n) is 8.17. The Morgan fingerprint density at radius 3 is 2.23 bits per heavy atom. The molecule has 4 rings (SSSR count). The van der Waals surface area contributed by atoms with Crippen LogP contribution in [0.15, 0.2) is 53.5 Å². The summed E-state index contributed by atoms with van der Waals surface area (Å²) >= 11 is 0. The number of hydrogen-bond donors (Lipinski definition) is 0. The van der Waals surface area contributed by atoms with Crippen LogP contribution in [0.3, 0.4) is 0 Å². The lowest BCUT2D eigenvalue weighted by Gasteiger charge is -2.29. The molecule has 1 fully saturated rings. The Morgan fingerprint density at radius 2 is 1.62 bits per heavy atom. The Bertz CT molecular complexity index is 1150. The predicted octanol–water partition coefficient (Wildman–Crippen LogP) is 7.35. The van der Waals surface area contributed by atoms with Gasteiger partial charge in [0.1, 0.15) is 17.1 Å². The van der Waals surface area contributed by atoms with Crippen LogP contribution in [-0.4, -0.2) is 41.9 Å². The maximum Gasteiger partial charge on any atom is 0.311 e. The van der Waals surface area contributed by atoms with E-state index in [9.17, 15) is 9.59 Å². The van der Waals surface area contributed by atoms with Gasteiger partial charge in [0.25, 0.3) is 5.91 Å². The van der Waals surface area contributed by atoms with Gasteiger partial charge in [0.2, 0.25) is 0 Å². The molecule has 0 aromatic heterocycles. The van der Waals surface area contributed by atoms with Crippen molar-refractivity contribution in [1.82, 2.24) is 4.90 Å². The molecule has 6 nitrogen and oxygen atoms in total. The number of carbonyl (C=O) groups excluding carboxylic acids is 2. The Morgan fingerprint density at radius 1 is 0.974 bits per heavy atom. The number of carbonyl (C=O) groups is 2. The zero-order valence-electron chi connectivity index (χ0n) is 24.1. The first-order valence-corrected chi connectivity index (χ1v) is 14.6. The second-order valence-electron chi connectivity index (χ2n) is 11.7. The number of amidine groups is 1. The van der Waals surface area contributed by atoms with Crippen LogP contribution in [-0.2, 0) is 20.9 Å². The standard InChI is InChI=1S/C33H44N2O4/c1-5-6-11-29-34-33(21-8-7-9-22-33)30(36)35(29)24-25-12-14-26(15-13-25)27-16-18-28(19-17-27)39-23-10-20-32(2,3)31(37)38-4/h12-19H,5-11,20-24H2,1-4H3. The first-order valence-electron chi connectivity index (χ1n) is 14.6. The number of unbranched alkanes of at least 4 members (excludes halogenated alkanes) is 1. The second kappa shape index (κ2) is 12.8. The highest BCUT2D eigenvalue weighted by Gasteiger charge is 2.48. The number of aliphatic imine (C=N–C) groups is 1. The summed E-state index contributed by atoms with van der Waals surface area (Å²) in [6, 6.07) is 16.6. The largest absolute Gasteiger partial charge is 0.494 e. The second-order valence-corrected chi connectivity index (χ2v) is 11.7. The molecule has 0 saturated heterocycles. The Labute approximate surface area is 233 Å². The maximum atomic E-state index is 13.5. The van der Waals surface area contributed by atoms with E-state index < -0.39 is 11.0 Å². The number of hydrogen-bond acceptors (Lipinski definition) is 5. The summed E-state index contributed by atoms with van der Waals surface area (Å²) in [5.41, 5.74) is 2.37. The van der Waals surface area contributed by atoms with Gasteiger partial charge in [0.05, 0.1) is 25.7 Å². The van der Waals surface area contributed by atoms with E-state index in [0.717, 1.165) is 79.6 Å². The van der Waals surface area contributed by atoms with Gasteiger partial charge in [-0.15, -0.1) is 0 Å². The lowest BCUT2D eigenvalue weighted by molar-refractivity contribution is -0.151. The highest BCUT2D eigenvalue weighted by atomic mass is 16.5. The van der Waals surface area contributed by atoms with Crippen molar-refractivity contribution in [2.75, 3.05) is 13.7 Å². The van der Waals surface area contributed by atoms with Crippen molar-refractivity contribution in [2.24, 2.45) is 10.4 Å². The number of nitrogens with zero attached hydrogens (tertiary/aromatic N) is 2. The van der Waals surface area contributed by atoms with E-state index >= 15 is 0 Å². The smallest absolute Gasteiger partial charge is 0.311 e. The van der Waals surface area contributed by atoms with Crippen LogP contribution >= 0.6 is 0 Å². The van der Waals surface area contributed by atoms with E-state index in [1.54, 1.807) is 0 Å². The topological polar surface area (TPSA) is 68.2 Å². The molecule has 1 heterocycles. The normalized spacial score (nSPS) is 16.9. The van der Waals surface area contributed by atoms with Crippen molar-refractivity contribution < 1.29 is 19.1 Å². The van der Waals surface area contributed by atoms with E-state index in [-0.39, 0.29) is 11.9 Å². The van der Waals surface area contributed by atoms with E-state index in [0.29, 0.717) is 19.6 Å². The van der Waals surface area contributed by atoms with Crippen molar-refractivity contribution in [1.29, 1.82) is 0 Å². The third-order valence-corrected chi connectivity index (χ3v) is 8.17. The average molecular weight is 533 g/mol. The molecule has 6 heteroatoms. The van der Waals surface area contributed by atoms with Gasteiger partial charge < -0.3 is 9.47 Å². The monoisotopic (exact) mass is 532 g/mol. The van der Waals surface area contributed by atoms with Gasteiger partial charge in [-0.2, -0.15) is 0 Å². The molecule has 2 aromatic carbocycles. The molecule has 0 atom stereocenters. The van der Waals surface area contributed by atoms with Crippen molar-refractivity contribution in [3.8, 4) is 16.9 Å². The molecular weight excluding hydrogens is 488 g/mol. The van der Waals surface area contributed by atoms with Crippen LogP contribution in [0.25, 0.3) is 11.1 Å². The first kappa shape index (κ1) is 28.8. The van der Waals surface area contributed by atoms with Gasteiger partial charge in [-0.25, -0.2) is 0 Å². The van der Waals surface area contributed by atoms with Crippen LogP contribution < -0.4 is 4.74 Å². The summed E-state index contributed by atoms with van der Waals surface area (Å²) in [7, 11) is 1.43. The Kier molecular flexibility index (Phi) is 9.47. The summed E-state index contributed by atoms with van der Waals surface area (Å²) in [5.74, 6) is 1.82. The molecule has 0 radical (unpaired) electrons. The van der Waals surface area contributed by atoms with Gasteiger partial charge in [0.15, 0.2) is 0 Å². The molecule has 1 amide bonds. The Balaban J connectivity index is 1.34. The summed E-state index contributed by atoms with van der Waals surface area (Å²) < 4.78 is 10.8. The molecule has 39 heavy (non-hydrogen) atoms. The minimum Gasteiger partial charge on any atom is -0.494 e. The molecule has 0 unspecified atom stereocenters. The number of esters is 1. The fraction of sp³-hybridized carbons (Fsp3) is 0.545. The quantitative estimate of drug-likeness (QED) is 0.212. The number of amides is 1. The minimum atomic E-state index is -0.503. The number of benzene rings is 2.